The number of carbonyl (C=O) groups is 2. The lowest BCUT2D eigenvalue weighted by molar-refractivity contribution is -0.146. The van der Waals surface area contributed by atoms with Gasteiger partial charge in [-0.1, -0.05) is 11.6 Å². The molecular weight excluding hydrogens is 434 g/mol. The van der Waals surface area contributed by atoms with Crippen LogP contribution in [0.15, 0.2) is 47.4 Å². The van der Waals surface area contributed by atoms with Crippen LogP contribution in [0.25, 0.3) is 0 Å². The molecule has 0 fully saturated rings. The Morgan fingerprint density at radius 3 is 2.47 bits per heavy atom. The topological polar surface area (TPSA) is 135 Å². The fourth-order valence-corrected chi connectivity index (χ4v) is 3.39. The molecule has 2 aromatic carbocycles. The van der Waals surface area contributed by atoms with Crippen molar-refractivity contribution in [2.45, 2.75) is 11.8 Å². The van der Waals surface area contributed by atoms with Gasteiger partial charge in [0.1, 0.15) is 18.4 Å². The Morgan fingerprint density at radius 1 is 1.17 bits per heavy atom. The zero-order valence-electron chi connectivity index (χ0n) is 15.8. The Morgan fingerprint density at radius 2 is 1.87 bits per heavy atom. The summed E-state index contributed by atoms with van der Waals surface area (Å²) in [5.41, 5.74) is 0.567. The number of benzene rings is 2. The van der Waals surface area contributed by atoms with Gasteiger partial charge >= 0.3 is 5.97 Å². The van der Waals surface area contributed by atoms with Crippen LogP contribution in [-0.4, -0.2) is 40.1 Å². The molecule has 30 heavy (non-hydrogen) atoms. The van der Waals surface area contributed by atoms with E-state index in [2.05, 4.69) is 10.0 Å². The molecule has 0 unspecified atom stereocenters. The quantitative estimate of drug-likeness (QED) is 0.557. The third-order valence-electron chi connectivity index (χ3n) is 3.59. The monoisotopic (exact) mass is 451 g/mol. The second-order valence-electron chi connectivity index (χ2n) is 5.74. The number of amides is 1. The third kappa shape index (κ3) is 6.73. The van der Waals surface area contributed by atoms with E-state index in [0.29, 0.717) is 18.0 Å². The van der Waals surface area contributed by atoms with E-state index in [0.717, 1.165) is 0 Å². The Bertz CT molecular complexity index is 1060. The number of nitrogens with zero attached hydrogens (tertiary/aromatic N) is 1. The van der Waals surface area contributed by atoms with Gasteiger partial charge < -0.3 is 14.8 Å². The number of carbonyl (C=O) groups excluding carboxylic acids is 2. The second kappa shape index (κ2) is 10.6. The van der Waals surface area contributed by atoms with Crippen LogP contribution in [-0.2, 0) is 24.3 Å². The van der Waals surface area contributed by atoms with Crippen LogP contribution in [0, 0.1) is 11.3 Å². The fourth-order valence-electron chi connectivity index (χ4n) is 2.20. The van der Waals surface area contributed by atoms with Crippen LogP contribution in [0.5, 0.6) is 5.75 Å². The standard InChI is InChI=1S/C19H18ClN3O6S/c1-2-28-15-5-7-16(8-6-15)30(26,27)22-11-19(25)29-12-18(24)23-14-4-3-13(10-21)17(20)9-14/h3-9,22H,2,11-12H2,1H3,(H,23,24). The van der Waals surface area contributed by atoms with E-state index in [1.807, 2.05) is 6.07 Å². The molecule has 2 aromatic rings. The fraction of sp³-hybridized carbons (Fsp3) is 0.211. The van der Waals surface area contributed by atoms with Gasteiger partial charge in [0.15, 0.2) is 6.61 Å². The molecule has 0 radical (unpaired) electrons. The highest BCUT2D eigenvalue weighted by molar-refractivity contribution is 7.89. The maximum atomic E-state index is 12.2. The summed E-state index contributed by atoms with van der Waals surface area (Å²) in [5, 5.41) is 11.4. The summed E-state index contributed by atoms with van der Waals surface area (Å²) in [6.07, 6.45) is 0. The zero-order chi connectivity index (χ0) is 22.1. The minimum atomic E-state index is -3.93. The first-order valence-electron chi connectivity index (χ1n) is 8.63. The number of rotatable bonds is 9. The Labute approximate surface area is 178 Å². The Kier molecular flexibility index (Phi) is 8.17. The van der Waals surface area contributed by atoms with Crippen LogP contribution in [0.1, 0.15) is 12.5 Å². The highest BCUT2D eigenvalue weighted by atomic mass is 35.5. The van der Waals surface area contributed by atoms with Crippen LogP contribution < -0.4 is 14.8 Å². The second-order valence-corrected chi connectivity index (χ2v) is 7.92. The summed E-state index contributed by atoms with van der Waals surface area (Å²) in [7, 11) is -3.93. The molecule has 2 N–H and O–H groups in total. The van der Waals surface area contributed by atoms with E-state index in [1.165, 1.54) is 42.5 Å². The van der Waals surface area contributed by atoms with Crippen molar-refractivity contribution in [3.8, 4) is 11.8 Å². The van der Waals surface area contributed by atoms with Crippen LogP contribution in [0.4, 0.5) is 5.69 Å². The molecule has 0 saturated heterocycles. The van der Waals surface area contributed by atoms with Crippen molar-refractivity contribution in [2.24, 2.45) is 0 Å². The van der Waals surface area contributed by atoms with Gasteiger partial charge in [0, 0.05) is 5.69 Å². The van der Waals surface area contributed by atoms with E-state index in [1.54, 1.807) is 6.92 Å². The van der Waals surface area contributed by atoms with Crippen molar-refractivity contribution in [3.05, 3.63) is 53.1 Å². The summed E-state index contributed by atoms with van der Waals surface area (Å²) in [6, 6.07) is 11.8. The number of nitriles is 1. The van der Waals surface area contributed by atoms with Gasteiger partial charge in [-0.15, -0.1) is 0 Å². The normalized spacial score (nSPS) is 10.7. The number of sulfonamides is 1. The molecule has 2 rings (SSSR count). The molecule has 9 nitrogen and oxygen atoms in total. The number of esters is 1. The number of ether oxygens (including phenoxy) is 2. The Hall–Kier alpha value is -3.13. The maximum Gasteiger partial charge on any atom is 0.321 e. The van der Waals surface area contributed by atoms with Gasteiger partial charge in [-0.2, -0.15) is 9.98 Å². The lowest BCUT2D eigenvalue weighted by atomic mass is 10.2. The summed E-state index contributed by atoms with van der Waals surface area (Å²) in [5.74, 6) is -1.07. The van der Waals surface area contributed by atoms with Crippen LogP contribution in [0.3, 0.4) is 0 Å². The Balaban J connectivity index is 1.81. The van der Waals surface area contributed by atoms with Crippen LogP contribution in [0.2, 0.25) is 5.02 Å². The minimum Gasteiger partial charge on any atom is -0.494 e. The zero-order valence-corrected chi connectivity index (χ0v) is 17.4. The highest BCUT2D eigenvalue weighted by Crippen LogP contribution is 2.20. The van der Waals surface area contributed by atoms with E-state index in [9.17, 15) is 18.0 Å². The van der Waals surface area contributed by atoms with Gasteiger partial charge in [0.25, 0.3) is 5.91 Å². The lowest BCUT2D eigenvalue weighted by Crippen LogP contribution is -2.32. The molecular formula is C19H18ClN3O6S. The molecule has 0 saturated carbocycles. The van der Waals surface area contributed by atoms with Crippen molar-refractivity contribution >= 4 is 39.2 Å². The molecule has 0 aromatic heterocycles. The van der Waals surface area contributed by atoms with E-state index < -0.39 is 35.1 Å². The minimum absolute atomic E-state index is 0.0470. The van der Waals surface area contributed by atoms with Crippen molar-refractivity contribution < 1.29 is 27.5 Å². The molecule has 0 bridgehead atoms. The molecule has 1 amide bonds. The van der Waals surface area contributed by atoms with Crippen molar-refractivity contribution in [1.29, 1.82) is 5.26 Å². The highest BCUT2D eigenvalue weighted by Gasteiger charge is 2.17. The summed E-state index contributed by atoms with van der Waals surface area (Å²) in [6.45, 7) is 0.979. The SMILES string of the molecule is CCOc1ccc(S(=O)(=O)NCC(=O)OCC(=O)Nc2ccc(C#N)c(Cl)c2)cc1. The average molecular weight is 452 g/mol. The summed E-state index contributed by atoms with van der Waals surface area (Å²) in [4.78, 5) is 23.5. The molecule has 0 spiro atoms. The smallest absolute Gasteiger partial charge is 0.321 e. The first-order chi connectivity index (χ1) is 14.2. The number of halogens is 1. The van der Waals surface area contributed by atoms with Gasteiger partial charge in [-0.05, 0) is 49.4 Å². The summed E-state index contributed by atoms with van der Waals surface area (Å²) >= 11 is 5.87. The molecule has 11 heteroatoms. The predicted molar refractivity (Wildman–Crippen MR) is 109 cm³/mol. The molecule has 0 aliphatic carbocycles. The average Bonchev–Trinajstić information content (AvgIpc) is 2.71. The predicted octanol–water partition coefficient (Wildman–Crippen LogP) is 2.07. The van der Waals surface area contributed by atoms with E-state index >= 15 is 0 Å². The number of anilines is 1. The number of hydrogen-bond acceptors (Lipinski definition) is 7. The first kappa shape index (κ1) is 23.2. The number of nitrogens with one attached hydrogen (secondary N) is 2. The van der Waals surface area contributed by atoms with Gasteiger partial charge in [-0.3, -0.25) is 9.59 Å². The van der Waals surface area contributed by atoms with Gasteiger partial charge in [0.05, 0.1) is 22.1 Å². The van der Waals surface area contributed by atoms with E-state index in [-0.39, 0.29) is 15.5 Å². The first-order valence-corrected chi connectivity index (χ1v) is 10.5. The molecule has 0 aliphatic heterocycles. The number of hydrogen-bond donors (Lipinski definition) is 2. The lowest BCUT2D eigenvalue weighted by Gasteiger charge is -2.09. The molecule has 0 heterocycles. The van der Waals surface area contributed by atoms with Gasteiger partial charge in [0.2, 0.25) is 10.0 Å². The van der Waals surface area contributed by atoms with E-state index in [4.69, 9.17) is 26.3 Å². The summed E-state index contributed by atoms with van der Waals surface area (Å²) < 4.78 is 36.5. The molecule has 0 atom stereocenters. The van der Waals surface area contributed by atoms with Crippen molar-refractivity contribution in [1.82, 2.24) is 4.72 Å². The molecule has 0 aliphatic rings. The maximum absolute atomic E-state index is 12.2. The van der Waals surface area contributed by atoms with Gasteiger partial charge in [-0.25, -0.2) is 8.42 Å². The van der Waals surface area contributed by atoms with Crippen molar-refractivity contribution in [2.75, 3.05) is 25.1 Å². The van der Waals surface area contributed by atoms with Crippen LogP contribution >= 0.6 is 11.6 Å². The largest absolute Gasteiger partial charge is 0.494 e. The third-order valence-corrected chi connectivity index (χ3v) is 5.32. The molecule has 158 valence electrons. The van der Waals surface area contributed by atoms with Crippen molar-refractivity contribution in [3.63, 3.8) is 0 Å².